The number of nitrogens with zero attached hydrogens (tertiary/aromatic N) is 2. The number of thiophene rings is 1. The van der Waals surface area contributed by atoms with Gasteiger partial charge in [0.05, 0.1) is 18.6 Å². The molecule has 124 valence electrons. The first-order valence-electron chi connectivity index (χ1n) is 8.15. The molecule has 3 aromatic rings. The summed E-state index contributed by atoms with van der Waals surface area (Å²) in [6.07, 6.45) is 1.83. The van der Waals surface area contributed by atoms with Gasteiger partial charge in [-0.15, -0.1) is 11.3 Å². The Balaban J connectivity index is 1.74. The molecule has 0 spiro atoms. The van der Waals surface area contributed by atoms with Crippen LogP contribution in [-0.2, 0) is 13.1 Å². The standard InChI is InChI=1S/C19H22N4S/c1-3-20-19(23-13-17-14(2)9-11-24-17)22-12-16-7-4-6-15-8-5-10-21-18(15)16/h4-11H,3,12-13H2,1-2H3,(H2,20,22,23). The zero-order valence-electron chi connectivity index (χ0n) is 14.0. The Kier molecular flexibility index (Phi) is 5.43. The zero-order chi connectivity index (χ0) is 16.8. The van der Waals surface area contributed by atoms with Gasteiger partial charge in [0, 0.05) is 23.0 Å². The minimum atomic E-state index is 0.604. The summed E-state index contributed by atoms with van der Waals surface area (Å²) in [5.74, 6) is 0.832. The maximum atomic E-state index is 4.72. The van der Waals surface area contributed by atoms with Crippen LogP contribution in [0.15, 0.2) is 53.0 Å². The third-order valence-corrected chi connectivity index (χ3v) is 4.88. The molecule has 1 aromatic carbocycles. The van der Waals surface area contributed by atoms with Crippen molar-refractivity contribution in [2.24, 2.45) is 4.99 Å². The number of rotatable bonds is 5. The van der Waals surface area contributed by atoms with Gasteiger partial charge in [-0.25, -0.2) is 4.99 Å². The van der Waals surface area contributed by atoms with E-state index >= 15 is 0 Å². The monoisotopic (exact) mass is 338 g/mol. The first-order valence-corrected chi connectivity index (χ1v) is 9.03. The van der Waals surface area contributed by atoms with Gasteiger partial charge in [-0.2, -0.15) is 0 Å². The Labute approximate surface area is 146 Å². The summed E-state index contributed by atoms with van der Waals surface area (Å²) < 4.78 is 0. The van der Waals surface area contributed by atoms with Crippen LogP contribution in [0.2, 0.25) is 0 Å². The van der Waals surface area contributed by atoms with Crippen LogP contribution in [0.4, 0.5) is 0 Å². The van der Waals surface area contributed by atoms with Crippen molar-refractivity contribution in [3.05, 3.63) is 64.0 Å². The van der Waals surface area contributed by atoms with E-state index in [-0.39, 0.29) is 0 Å². The van der Waals surface area contributed by atoms with Crippen molar-refractivity contribution >= 4 is 28.2 Å². The maximum Gasteiger partial charge on any atom is 0.191 e. The number of hydrogen-bond acceptors (Lipinski definition) is 3. The Morgan fingerprint density at radius 2 is 2.04 bits per heavy atom. The van der Waals surface area contributed by atoms with Crippen molar-refractivity contribution < 1.29 is 0 Å². The van der Waals surface area contributed by atoms with Crippen LogP contribution < -0.4 is 10.6 Å². The predicted molar refractivity (Wildman–Crippen MR) is 102 cm³/mol. The minimum Gasteiger partial charge on any atom is -0.357 e. The Hall–Kier alpha value is -2.40. The Morgan fingerprint density at radius 1 is 1.17 bits per heavy atom. The third kappa shape index (κ3) is 3.92. The molecular weight excluding hydrogens is 316 g/mol. The van der Waals surface area contributed by atoms with E-state index in [1.165, 1.54) is 10.4 Å². The highest BCUT2D eigenvalue weighted by Gasteiger charge is 2.04. The number of fused-ring (bicyclic) bond motifs is 1. The van der Waals surface area contributed by atoms with Gasteiger partial charge in [-0.1, -0.05) is 24.3 Å². The molecule has 0 saturated heterocycles. The van der Waals surface area contributed by atoms with Crippen molar-refractivity contribution in [3.63, 3.8) is 0 Å². The second kappa shape index (κ2) is 7.93. The van der Waals surface area contributed by atoms with E-state index < -0.39 is 0 Å². The van der Waals surface area contributed by atoms with E-state index in [0.29, 0.717) is 6.54 Å². The predicted octanol–water partition coefficient (Wildman–Crippen LogP) is 3.86. The lowest BCUT2D eigenvalue weighted by atomic mass is 10.1. The molecule has 2 aromatic heterocycles. The molecular formula is C19H22N4S. The van der Waals surface area contributed by atoms with Gasteiger partial charge in [0.2, 0.25) is 0 Å². The number of aryl methyl sites for hydroxylation is 1. The number of para-hydroxylation sites is 1. The lowest BCUT2D eigenvalue weighted by molar-refractivity contribution is 0.821. The van der Waals surface area contributed by atoms with Crippen LogP contribution in [-0.4, -0.2) is 17.5 Å². The van der Waals surface area contributed by atoms with Crippen LogP contribution in [0.1, 0.15) is 22.9 Å². The van der Waals surface area contributed by atoms with E-state index in [4.69, 9.17) is 4.99 Å². The third-order valence-electron chi connectivity index (χ3n) is 3.85. The molecule has 0 atom stereocenters. The summed E-state index contributed by atoms with van der Waals surface area (Å²) >= 11 is 1.77. The largest absolute Gasteiger partial charge is 0.357 e. The quantitative estimate of drug-likeness (QED) is 0.548. The number of pyridine rings is 1. The highest BCUT2D eigenvalue weighted by molar-refractivity contribution is 7.10. The average Bonchev–Trinajstić information content (AvgIpc) is 3.02. The highest BCUT2D eigenvalue weighted by Crippen LogP contribution is 2.17. The van der Waals surface area contributed by atoms with Gasteiger partial charge in [0.25, 0.3) is 0 Å². The SMILES string of the molecule is CCNC(=NCc1cccc2cccnc12)NCc1sccc1C. The zero-order valence-corrected chi connectivity index (χ0v) is 14.9. The van der Waals surface area contributed by atoms with Gasteiger partial charge >= 0.3 is 0 Å². The Bertz CT molecular complexity index is 833. The fourth-order valence-electron chi connectivity index (χ4n) is 2.55. The van der Waals surface area contributed by atoms with Gasteiger partial charge in [0.1, 0.15) is 0 Å². The normalized spacial score (nSPS) is 11.7. The first-order chi connectivity index (χ1) is 11.8. The van der Waals surface area contributed by atoms with Crippen LogP contribution in [0, 0.1) is 6.92 Å². The first kappa shape index (κ1) is 16.5. The van der Waals surface area contributed by atoms with Crippen LogP contribution in [0.5, 0.6) is 0 Å². The van der Waals surface area contributed by atoms with Gasteiger partial charge in [0.15, 0.2) is 5.96 Å². The van der Waals surface area contributed by atoms with Crippen molar-refractivity contribution in [3.8, 4) is 0 Å². The fraction of sp³-hybridized carbons (Fsp3) is 0.263. The molecule has 0 radical (unpaired) electrons. The molecule has 0 aliphatic carbocycles. The number of guanidine groups is 1. The van der Waals surface area contributed by atoms with Gasteiger partial charge in [-0.05, 0) is 42.5 Å². The molecule has 0 aliphatic heterocycles. The highest BCUT2D eigenvalue weighted by atomic mass is 32.1. The Morgan fingerprint density at radius 3 is 2.83 bits per heavy atom. The fourth-order valence-corrected chi connectivity index (χ4v) is 3.40. The number of nitrogens with one attached hydrogen (secondary N) is 2. The van der Waals surface area contributed by atoms with Gasteiger partial charge in [-0.3, -0.25) is 4.98 Å². The second-order valence-electron chi connectivity index (χ2n) is 5.57. The van der Waals surface area contributed by atoms with E-state index in [1.807, 2.05) is 12.3 Å². The molecule has 0 amide bonds. The summed E-state index contributed by atoms with van der Waals surface area (Å²) in [4.78, 5) is 10.6. The molecule has 0 aliphatic rings. The molecule has 24 heavy (non-hydrogen) atoms. The minimum absolute atomic E-state index is 0.604. The molecule has 2 N–H and O–H groups in total. The molecule has 0 bridgehead atoms. The number of aromatic nitrogens is 1. The molecule has 0 saturated carbocycles. The van der Waals surface area contributed by atoms with E-state index in [9.17, 15) is 0 Å². The van der Waals surface area contributed by atoms with Crippen molar-refractivity contribution in [1.29, 1.82) is 0 Å². The summed E-state index contributed by atoms with van der Waals surface area (Å²) in [7, 11) is 0. The average molecular weight is 338 g/mol. The topological polar surface area (TPSA) is 49.3 Å². The van der Waals surface area contributed by atoms with Gasteiger partial charge < -0.3 is 10.6 Å². The van der Waals surface area contributed by atoms with Crippen molar-refractivity contribution in [2.75, 3.05) is 6.54 Å². The smallest absolute Gasteiger partial charge is 0.191 e. The molecule has 0 fully saturated rings. The van der Waals surface area contributed by atoms with Crippen LogP contribution in [0.3, 0.4) is 0 Å². The van der Waals surface area contributed by atoms with Crippen LogP contribution >= 0.6 is 11.3 Å². The molecule has 4 nitrogen and oxygen atoms in total. The lowest BCUT2D eigenvalue weighted by Crippen LogP contribution is -2.36. The van der Waals surface area contributed by atoms with E-state index in [1.54, 1.807) is 11.3 Å². The summed E-state index contributed by atoms with van der Waals surface area (Å²) in [6, 6.07) is 12.4. The molecule has 2 heterocycles. The maximum absolute atomic E-state index is 4.72. The summed E-state index contributed by atoms with van der Waals surface area (Å²) in [6.45, 7) is 6.45. The van der Waals surface area contributed by atoms with Crippen LogP contribution in [0.25, 0.3) is 10.9 Å². The molecule has 3 rings (SSSR count). The van der Waals surface area contributed by atoms with E-state index in [2.05, 4.69) is 65.2 Å². The van der Waals surface area contributed by atoms with E-state index in [0.717, 1.165) is 35.5 Å². The number of aliphatic imine (C=N–C) groups is 1. The number of hydrogen-bond donors (Lipinski definition) is 2. The summed E-state index contributed by atoms with van der Waals surface area (Å²) in [5, 5.41) is 9.99. The van der Waals surface area contributed by atoms with Crippen molar-refractivity contribution in [1.82, 2.24) is 15.6 Å². The summed E-state index contributed by atoms with van der Waals surface area (Å²) in [5.41, 5.74) is 3.48. The van der Waals surface area contributed by atoms with Crippen molar-refractivity contribution in [2.45, 2.75) is 26.9 Å². The second-order valence-corrected chi connectivity index (χ2v) is 6.57. The number of benzene rings is 1. The molecule has 0 unspecified atom stereocenters. The molecule has 5 heteroatoms. The lowest BCUT2D eigenvalue weighted by Gasteiger charge is -2.11.